The topological polar surface area (TPSA) is 66.5 Å². The molecule has 1 heterocycles. The molecule has 1 fully saturated rings. The van der Waals surface area contributed by atoms with Crippen molar-refractivity contribution in [1.82, 2.24) is 10.2 Å². The Kier molecular flexibility index (Phi) is 5.29. The highest BCUT2D eigenvalue weighted by molar-refractivity contribution is 6.36. The number of halogens is 2. The molecule has 7 heteroatoms. The second-order valence-electron chi connectivity index (χ2n) is 9.75. The van der Waals surface area contributed by atoms with E-state index < -0.39 is 21.6 Å². The summed E-state index contributed by atoms with van der Waals surface area (Å²) in [6, 6.07) is 24.5. The molecule has 1 N–H and O–H groups in total. The number of nitrogens with zero attached hydrogens (tertiary/aromatic N) is 1. The highest BCUT2D eigenvalue weighted by Crippen LogP contribution is 2.69. The fraction of sp³-hybridized carbons (Fsp3) is 0.276. The van der Waals surface area contributed by atoms with Gasteiger partial charge in [-0.3, -0.25) is 19.3 Å². The van der Waals surface area contributed by atoms with Crippen LogP contribution in [-0.4, -0.2) is 29.2 Å². The van der Waals surface area contributed by atoms with Crippen molar-refractivity contribution in [1.29, 1.82) is 0 Å². The zero-order valence-electron chi connectivity index (χ0n) is 19.6. The first-order chi connectivity index (χ1) is 17.3. The van der Waals surface area contributed by atoms with Gasteiger partial charge >= 0.3 is 0 Å². The highest BCUT2D eigenvalue weighted by atomic mass is 35.5. The van der Waals surface area contributed by atoms with Crippen LogP contribution in [-0.2, 0) is 24.1 Å². The smallest absolute Gasteiger partial charge is 0.235 e. The monoisotopic (exact) mass is 518 g/mol. The number of rotatable bonds is 5. The minimum atomic E-state index is -1.21. The van der Waals surface area contributed by atoms with Gasteiger partial charge in [0.2, 0.25) is 17.7 Å². The number of hydrogen-bond acceptors (Lipinski definition) is 3. The van der Waals surface area contributed by atoms with Crippen LogP contribution in [0.4, 0.5) is 0 Å². The number of benzene rings is 3. The second-order valence-corrected chi connectivity index (χ2v) is 10.9. The number of imide groups is 1. The lowest BCUT2D eigenvalue weighted by atomic mass is 9.54. The van der Waals surface area contributed by atoms with Gasteiger partial charge in [-0.2, -0.15) is 0 Å². The third-order valence-corrected chi connectivity index (χ3v) is 9.20. The SMILES string of the molecule is C[C@H](NC(=O)CCN1C(=O)[C@@H]2[C@@H](C1=O)C1(Cl)c3ccccc3C2(Cl)c2ccccc21)c1ccccc1. The van der Waals surface area contributed by atoms with E-state index in [1.165, 1.54) is 4.90 Å². The van der Waals surface area contributed by atoms with Gasteiger partial charge in [0.15, 0.2) is 0 Å². The first kappa shape index (κ1) is 23.3. The van der Waals surface area contributed by atoms with Gasteiger partial charge in [0.05, 0.1) is 17.9 Å². The number of likely N-dealkylation sites (tertiary alicyclic amines) is 1. The largest absolute Gasteiger partial charge is 0.350 e. The molecule has 0 aromatic heterocycles. The number of alkyl halides is 2. The van der Waals surface area contributed by atoms with Gasteiger partial charge in [-0.25, -0.2) is 0 Å². The number of carbonyl (C=O) groups is 3. The summed E-state index contributed by atoms with van der Waals surface area (Å²) in [5.41, 5.74) is 4.03. The van der Waals surface area contributed by atoms with E-state index in [1.54, 1.807) is 0 Å². The van der Waals surface area contributed by atoms with Crippen LogP contribution >= 0.6 is 23.2 Å². The molecule has 36 heavy (non-hydrogen) atoms. The van der Waals surface area contributed by atoms with Gasteiger partial charge in [-0.1, -0.05) is 78.9 Å². The lowest BCUT2D eigenvalue weighted by Crippen LogP contribution is -2.57. The predicted octanol–water partition coefficient (Wildman–Crippen LogP) is 4.85. The average molecular weight is 519 g/mol. The van der Waals surface area contributed by atoms with Crippen molar-refractivity contribution in [2.45, 2.75) is 29.1 Å². The number of nitrogens with one attached hydrogen (secondary N) is 1. The maximum absolute atomic E-state index is 13.8. The summed E-state index contributed by atoms with van der Waals surface area (Å²) >= 11 is 14.8. The Hall–Kier alpha value is -3.15. The summed E-state index contributed by atoms with van der Waals surface area (Å²) in [5.74, 6) is -2.69. The maximum atomic E-state index is 13.8. The summed E-state index contributed by atoms with van der Waals surface area (Å²) in [7, 11) is 0. The summed E-state index contributed by atoms with van der Waals surface area (Å²) in [5, 5.41) is 2.95. The standard InChI is InChI=1S/C29H24Cl2N2O3/c1-17(18-9-3-2-4-10-18)32-23(34)15-16-33-26(35)24-25(27(33)36)29(31)20-12-6-5-11-19(20)28(24,30)21-13-7-8-14-22(21)29/h2-14,17,24-25H,15-16H2,1H3,(H,32,34)/t17-,24-,25-,28?,29?/m0/s1. The molecule has 1 saturated heterocycles. The quantitative estimate of drug-likeness (QED) is 0.387. The van der Waals surface area contributed by atoms with Crippen molar-refractivity contribution in [3.63, 3.8) is 0 Å². The van der Waals surface area contributed by atoms with Crippen molar-refractivity contribution in [3.05, 3.63) is 107 Å². The van der Waals surface area contributed by atoms with E-state index >= 15 is 0 Å². The Bertz CT molecular complexity index is 1280. The summed E-state index contributed by atoms with van der Waals surface area (Å²) in [6.07, 6.45) is -0.00143. The Morgan fingerprint density at radius 2 is 1.22 bits per heavy atom. The molecule has 3 aromatic rings. The molecule has 2 bridgehead atoms. The van der Waals surface area contributed by atoms with Crippen LogP contribution in [0.5, 0.6) is 0 Å². The zero-order valence-corrected chi connectivity index (χ0v) is 21.1. The minimum absolute atomic E-state index is 0.00143. The molecule has 1 aliphatic heterocycles. The van der Waals surface area contributed by atoms with Crippen LogP contribution in [0.2, 0.25) is 0 Å². The Balaban J connectivity index is 1.31. The third-order valence-electron chi connectivity index (χ3n) is 7.92. The molecule has 3 aromatic carbocycles. The van der Waals surface area contributed by atoms with E-state index in [0.717, 1.165) is 27.8 Å². The molecule has 0 radical (unpaired) electrons. The van der Waals surface area contributed by atoms with Gasteiger partial charge in [-0.15, -0.1) is 23.2 Å². The Morgan fingerprint density at radius 3 is 1.67 bits per heavy atom. The van der Waals surface area contributed by atoms with Crippen molar-refractivity contribution in [2.75, 3.05) is 6.54 Å². The van der Waals surface area contributed by atoms with Crippen LogP contribution in [0.25, 0.3) is 0 Å². The van der Waals surface area contributed by atoms with E-state index in [4.69, 9.17) is 23.2 Å². The highest BCUT2D eigenvalue weighted by Gasteiger charge is 2.72. The van der Waals surface area contributed by atoms with Gasteiger partial charge in [0.1, 0.15) is 9.75 Å². The molecule has 3 aliphatic carbocycles. The zero-order chi connectivity index (χ0) is 25.2. The van der Waals surface area contributed by atoms with E-state index in [9.17, 15) is 14.4 Å². The molecule has 4 aliphatic rings. The molecule has 0 saturated carbocycles. The van der Waals surface area contributed by atoms with E-state index in [0.29, 0.717) is 0 Å². The van der Waals surface area contributed by atoms with Gasteiger partial charge < -0.3 is 5.32 Å². The minimum Gasteiger partial charge on any atom is -0.350 e. The van der Waals surface area contributed by atoms with E-state index in [1.807, 2.05) is 85.8 Å². The summed E-state index contributed by atoms with van der Waals surface area (Å²) in [4.78, 5) is 39.1. The molecule has 3 amide bonds. The Morgan fingerprint density at radius 1 is 0.806 bits per heavy atom. The van der Waals surface area contributed by atoms with Crippen molar-refractivity contribution >= 4 is 40.9 Å². The molecule has 7 rings (SSSR count). The van der Waals surface area contributed by atoms with E-state index in [2.05, 4.69) is 5.32 Å². The number of hydrogen-bond donors (Lipinski definition) is 1. The molecule has 182 valence electrons. The fourth-order valence-corrected chi connectivity index (χ4v) is 7.39. The van der Waals surface area contributed by atoms with Crippen molar-refractivity contribution in [3.8, 4) is 0 Å². The van der Waals surface area contributed by atoms with Crippen LogP contribution < -0.4 is 5.32 Å². The first-order valence-electron chi connectivity index (χ1n) is 12.1. The van der Waals surface area contributed by atoms with Crippen LogP contribution in [0.1, 0.15) is 47.2 Å². The molecule has 5 nitrogen and oxygen atoms in total. The lowest BCUT2D eigenvalue weighted by molar-refractivity contribution is -0.140. The molecule has 0 unspecified atom stereocenters. The summed E-state index contributed by atoms with van der Waals surface area (Å²) < 4.78 is 0. The summed E-state index contributed by atoms with van der Waals surface area (Å²) in [6.45, 7) is 1.87. The van der Waals surface area contributed by atoms with Crippen molar-refractivity contribution in [2.24, 2.45) is 11.8 Å². The predicted molar refractivity (Wildman–Crippen MR) is 137 cm³/mol. The molecule has 3 atom stereocenters. The van der Waals surface area contributed by atoms with Crippen molar-refractivity contribution < 1.29 is 14.4 Å². The third kappa shape index (κ3) is 2.99. The number of amides is 3. The normalized spacial score (nSPS) is 28.4. The molecular formula is C29H24Cl2N2O3. The maximum Gasteiger partial charge on any atom is 0.235 e. The average Bonchev–Trinajstić information content (AvgIpc) is 3.17. The van der Waals surface area contributed by atoms with Crippen LogP contribution in [0.15, 0.2) is 78.9 Å². The van der Waals surface area contributed by atoms with Crippen LogP contribution in [0.3, 0.4) is 0 Å². The Labute approximate surface area is 219 Å². The lowest BCUT2D eigenvalue weighted by Gasteiger charge is -2.54. The van der Waals surface area contributed by atoms with Gasteiger partial charge in [-0.05, 0) is 34.7 Å². The second kappa shape index (κ2) is 8.19. The fourth-order valence-electron chi connectivity index (χ4n) is 6.30. The van der Waals surface area contributed by atoms with Crippen LogP contribution in [0, 0.1) is 11.8 Å². The van der Waals surface area contributed by atoms with E-state index in [-0.39, 0.29) is 36.7 Å². The molecule has 0 spiro atoms. The number of carbonyl (C=O) groups excluding carboxylic acids is 3. The van der Waals surface area contributed by atoms with Gasteiger partial charge in [0.25, 0.3) is 0 Å². The molecular weight excluding hydrogens is 495 g/mol. The van der Waals surface area contributed by atoms with Gasteiger partial charge in [0, 0.05) is 13.0 Å². The first-order valence-corrected chi connectivity index (χ1v) is 12.8.